The lowest BCUT2D eigenvalue weighted by atomic mass is 10.2. The van der Waals surface area contributed by atoms with E-state index in [1.54, 1.807) is 23.5 Å². The van der Waals surface area contributed by atoms with Crippen molar-refractivity contribution in [1.82, 2.24) is 4.98 Å². The molecule has 0 fully saturated rings. The molecule has 0 bridgehead atoms. The first-order chi connectivity index (χ1) is 10.1. The molecule has 0 spiro atoms. The van der Waals surface area contributed by atoms with Gasteiger partial charge in [0.05, 0.1) is 19.9 Å². The SMILES string of the molecule is O=C(Nc1nc(-c2ccc(Br)s2)cs1)c1ccccc1F. The second kappa shape index (κ2) is 6.05. The van der Waals surface area contributed by atoms with E-state index in [4.69, 9.17) is 0 Å². The second-order valence-corrected chi connectivity index (χ2v) is 7.40. The molecular formula is C14H8BrFN2OS2. The van der Waals surface area contributed by atoms with Crippen LogP contribution in [0.3, 0.4) is 0 Å². The summed E-state index contributed by atoms with van der Waals surface area (Å²) in [4.78, 5) is 17.3. The van der Waals surface area contributed by atoms with Gasteiger partial charge in [-0.05, 0) is 40.2 Å². The first kappa shape index (κ1) is 14.4. The monoisotopic (exact) mass is 382 g/mol. The first-order valence-electron chi connectivity index (χ1n) is 5.90. The predicted molar refractivity (Wildman–Crippen MR) is 87.5 cm³/mol. The third kappa shape index (κ3) is 3.20. The van der Waals surface area contributed by atoms with Gasteiger partial charge in [-0.3, -0.25) is 10.1 Å². The fraction of sp³-hybridized carbons (Fsp3) is 0. The molecule has 3 aromatic rings. The minimum atomic E-state index is -0.547. The van der Waals surface area contributed by atoms with Gasteiger partial charge in [-0.2, -0.15) is 0 Å². The number of carbonyl (C=O) groups excluding carboxylic acids is 1. The Labute approximate surface area is 136 Å². The number of carbonyl (C=O) groups is 1. The van der Waals surface area contributed by atoms with Crippen molar-refractivity contribution < 1.29 is 9.18 Å². The molecule has 1 amide bonds. The molecule has 2 aromatic heterocycles. The van der Waals surface area contributed by atoms with E-state index in [0.29, 0.717) is 5.13 Å². The van der Waals surface area contributed by atoms with Gasteiger partial charge in [-0.25, -0.2) is 9.37 Å². The highest BCUT2D eigenvalue weighted by Crippen LogP contribution is 2.33. The van der Waals surface area contributed by atoms with Crippen LogP contribution >= 0.6 is 38.6 Å². The minimum absolute atomic E-state index is 0.00752. The van der Waals surface area contributed by atoms with E-state index in [2.05, 4.69) is 26.2 Å². The molecule has 0 saturated carbocycles. The van der Waals surface area contributed by atoms with Gasteiger partial charge in [0, 0.05) is 5.38 Å². The van der Waals surface area contributed by atoms with Crippen LogP contribution in [-0.2, 0) is 0 Å². The minimum Gasteiger partial charge on any atom is -0.298 e. The van der Waals surface area contributed by atoms with Gasteiger partial charge >= 0.3 is 0 Å². The fourth-order valence-electron chi connectivity index (χ4n) is 1.71. The van der Waals surface area contributed by atoms with Crippen molar-refractivity contribution in [2.45, 2.75) is 0 Å². The molecule has 0 aliphatic rings. The number of rotatable bonds is 3. The van der Waals surface area contributed by atoms with Gasteiger partial charge < -0.3 is 0 Å². The van der Waals surface area contributed by atoms with Crippen molar-refractivity contribution in [3.8, 4) is 10.6 Å². The molecular weight excluding hydrogens is 375 g/mol. The molecule has 106 valence electrons. The zero-order valence-corrected chi connectivity index (χ0v) is 13.7. The molecule has 1 N–H and O–H groups in total. The van der Waals surface area contributed by atoms with Crippen molar-refractivity contribution in [3.05, 3.63) is 56.9 Å². The van der Waals surface area contributed by atoms with E-state index < -0.39 is 11.7 Å². The molecule has 21 heavy (non-hydrogen) atoms. The number of hydrogen-bond donors (Lipinski definition) is 1. The van der Waals surface area contributed by atoms with Gasteiger partial charge in [-0.15, -0.1) is 22.7 Å². The normalized spacial score (nSPS) is 10.6. The fourth-order valence-corrected chi connectivity index (χ4v) is 3.83. The summed E-state index contributed by atoms with van der Waals surface area (Å²) in [5.41, 5.74) is 0.799. The molecule has 0 saturated heterocycles. The number of hydrogen-bond acceptors (Lipinski definition) is 4. The van der Waals surface area contributed by atoms with E-state index >= 15 is 0 Å². The Morgan fingerprint density at radius 3 is 2.76 bits per heavy atom. The number of thiazole rings is 1. The van der Waals surface area contributed by atoms with Gasteiger partial charge in [0.25, 0.3) is 5.91 Å². The number of aromatic nitrogens is 1. The lowest BCUT2D eigenvalue weighted by Crippen LogP contribution is -2.13. The zero-order chi connectivity index (χ0) is 14.8. The number of thiophene rings is 1. The maximum Gasteiger partial charge on any atom is 0.260 e. The average Bonchev–Trinajstić information content (AvgIpc) is 3.08. The summed E-state index contributed by atoms with van der Waals surface area (Å²) in [6, 6.07) is 9.75. The number of nitrogens with zero attached hydrogens (tertiary/aromatic N) is 1. The van der Waals surface area contributed by atoms with Crippen LogP contribution in [0.25, 0.3) is 10.6 Å². The Morgan fingerprint density at radius 2 is 2.05 bits per heavy atom. The van der Waals surface area contributed by atoms with Gasteiger partial charge in [0.2, 0.25) is 0 Å². The highest BCUT2D eigenvalue weighted by molar-refractivity contribution is 9.11. The van der Waals surface area contributed by atoms with Crippen molar-refractivity contribution >= 4 is 49.6 Å². The molecule has 0 unspecified atom stereocenters. The summed E-state index contributed by atoms with van der Waals surface area (Å²) in [7, 11) is 0. The Kier molecular flexibility index (Phi) is 4.14. The molecule has 3 nitrogen and oxygen atoms in total. The third-order valence-electron chi connectivity index (χ3n) is 2.67. The summed E-state index contributed by atoms with van der Waals surface area (Å²) in [5.74, 6) is -1.05. The molecule has 0 aliphatic heterocycles. The lowest BCUT2D eigenvalue weighted by Gasteiger charge is -2.02. The molecule has 2 heterocycles. The molecule has 3 rings (SSSR count). The zero-order valence-electron chi connectivity index (χ0n) is 10.5. The van der Waals surface area contributed by atoms with Gasteiger partial charge in [0.15, 0.2) is 5.13 Å². The summed E-state index contributed by atoms with van der Waals surface area (Å²) in [5, 5.41) is 4.92. The van der Waals surface area contributed by atoms with Crippen molar-refractivity contribution in [2.75, 3.05) is 5.32 Å². The van der Waals surface area contributed by atoms with Crippen LogP contribution < -0.4 is 5.32 Å². The maximum atomic E-state index is 13.5. The van der Waals surface area contributed by atoms with E-state index in [0.717, 1.165) is 14.4 Å². The second-order valence-electron chi connectivity index (χ2n) is 4.08. The standard InChI is InChI=1S/C14H8BrFN2OS2/c15-12-6-5-11(21-12)10-7-20-14(17-10)18-13(19)8-3-1-2-4-9(8)16/h1-7H,(H,17,18,19). The molecule has 0 radical (unpaired) electrons. The smallest absolute Gasteiger partial charge is 0.260 e. The van der Waals surface area contributed by atoms with Crippen LogP contribution in [0.15, 0.2) is 45.6 Å². The number of halogens is 2. The van der Waals surface area contributed by atoms with Crippen LogP contribution in [0.5, 0.6) is 0 Å². The van der Waals surface area contributed by atoms with Crippen LogP contribution in [0, 0.1) is 5.82 Å². The third-order valence-corrected chi connectivity index (χ3v) is 5.07. The molecule has 0 atom stereocenters. The predicted octanol–water partition coefficient (Wildman–Crippen LogP) is 5.03. The number of nitrogens with one attached hydrogen (secondary N) is 1. The maximum absolute atomic E-state index is 13.5. The van der Waals surface area contributed by atoms with Crippen LogP contribution in [-0.4, -0.2) is 10.9 Å². The summed E-state index contributed by atoms with van der Waals surface area (Å²) in [6.07, 6.45) is 0. The van der Waals surface area contributed by atoms with Crippen LogP contribution in [0.2, 0.25) is 0 Å². The van der Waals surface area contributed by atoms with Crippen LogP contribution in [0.4, 0.5) is 9.52 Å². The number of anilines is 1. The van der Waals surface area contributed by atoms with Gasteiger partial charge in [0.1, 0.15) is 5.82 Å². The number of amides is 1. The average molecular weight is 383 g/mol. The Hall–Kier alpha value is -1.57. The molecule has 7 heteroatoms. The first-order valence-corrected chi connectivity index (χ1v) is 8.39. The summed E-state index contributed by atoms with van der Waals surface area (Å²) < 4.78 is 14.6. The highest BCUT2D eigenvalue weighted by Gasteiger charge is 2.13. The van der Waals surface area contributed by atoms with E-state index in [1.165, 1.54) is 23.5 Å². The molecule has 1 aromatic carbocycles. The largest absolute Gasteiger partial charge is 0.298 e. The van der Waals surface area contributed by atoms with Crippen molar-refractivity contribution in [2.24, 2.45) is 0 Å². The van der Waals surface area contributed by atoms with Gasteiger partial charge in [-0.1, -0.05) is 12.1 Å². The molecule has 0 aliphatic carbocycles. The summed E-state index contributed by atoms with van der Waals surface area (Å²) in [6.45, 7) is 0. The topological polar surface area (TPSA) is 42.0 Å². The van der Waals surface area contributed by atoms with Crippen molar-refractivity contribution in [3.63, 3.8) is 0 Å². The van der Waals surface area contributed by atoms with E-state index in [9.17, 15) is 9.18 Å². The van der Waals surface area contributed by atoms with Crippen molar-refractivity contribution in [1.29, 1.82) is 0 Å². The Morgan fingerprint density at radius 1 is 1.24 bits per heavy atom. The lowest BCUT2D eigenvalue weighted by molar-refractivity contribution is 0.102. The Balaban J connectivity index is 1.79. The quantitative estimate of drug-likeness (QED) is 0.690. The van der Waals surface area contributed by atoms with Crippen LogP contribution in [0.1, 0.15) is 10.4 Å². The highest BCUT2D eigenvalue weighted by atomic mass is 79.9. The summed E-state index contributed by atoms with van der Waals surface area (Å²) >= 11 is 6.27. The Bertz CT molecular complexity index is 800. The van der Waals surface area contributed by atoms with E-state index in [1.807, 2.05) is 17.5 Å². The van der Waals surface area contributed by atoms with E-state index in [-0.39, 0.29) is 5.56 Å². The number of benzene rings is 1.